The fraction of sp³-hybridized carbons (Fsp3) is 0.333. The molecule has 0 fully saturated rings. The van der Waals surface area contributed by atoms with Gasteiger partial charge in [-0.2, -0.15) is 0 Å². The second-order valence-corrected chi connectivity index (χ2v) is 8.36. The largest absolute Gasteiger partial charge is 0.320 e. The zero-order chi connectivity index (χ0) is 17.9. The molecule has 0 saturated heterocycles. The van der Waals surface area contributed by atoms with Crippen LogP contribution in [0.25, 0.3) is 11.3 Å². The Morgan fingerprint density at radius 1 is 1.24 bits per heavy atom. The van der Waals surface area contributed by atoms with Crippen molar-refractivity contribution in [3.63, 3.8) is 0 Å². The van der Waals surface area contributed by atoms with Gasteiger partial charge in [0.2, 0.25) is 15.9 Å². The number of hydrogen-bond donors (Lipinski definition) is 3. The third-order valence-corrected chi connectivity index (χ3v) is 4.60. The van der Waals surface area contributed by atoms with E-state index < -0.39 is 16.1 Å². The molecule has 1 aromatic carbocycles. The number of hydrogen-bond acceptors (Lipinski definition) is 6. The van der Waals surface area contributed by atoms with Crippen LogP contribution in [0, 0.1) is 5.92 Å². The fourth-order valence-electron chi connectivity index (χ4n) is 1.88. The summed E-state index contributed by atoms with van der Waals surface area (Å²) in [6, 6.07) is 6.24. The number of nitrogens with two attached hydrogens (primary N) is 1. The molecule has 0 aliphatic carbocycles. The van der Waals surface area contributed by atoms with E-state index in [1.165, 1.54) is 11.3 Å². The van der Waals surface area contributed by atoms with Crippen molar-refractivity contribution in [3.05, 3.63) is 29.6 Å². The Kier molecular flexibility index (Phi) is 7.36. The third kappa shape index (κ3) is 6.28. The Labute approximate surface area is 157 Å². The quantitative estimate of drug-likeness (QED) is 0.684. The molecule has 138 valence electrons. The van der Waals surface area contributed by atoms with Gasteiger partial charge in [-0.25, -0.2) is 13.4 Å². The number of halogens is 1. The van der Waals surface area contributed by atoms with Crippen molar-refractivity contribution in [1.82, 2.24) is 4.98 Å². The van der Waals surface area contributed by atoms with E-state index in [9.17, 15) is 13.2 Å². The van der Waals surface area contributed by atoms with Crippen molar-refractivity contribution in [2.45, 2.75) is 19.9 Å². The predicted molar refractivity (Wildman–Crippen MR) is 105 cm³/mol. The minimum Gasteiger partial charge on any atom is -0.320 e. The molecule has 0 spiro atoms. The summed E-state index contributed by atoms with van der Waals surface area (Å²) in [4.78, 5) is 16.3. The maximum Gasteiger partial charge on any atom is 0.243 e. The molecule has 1 atom stereocenters. The first-order valence-corrected chi connectivity index (χ1v) is 10.0. The number of amides is 1. The minimum absolute atomic E-state index is 0. The molecule has 0 aliphatic heterocycles. The smallest absolute Gasteiger partial charge is 0.243 e. The van der Waals surface area contributed by atoms with E-state index in [0.29, 0.717) is 16.5 Å². The number of aromatic nitrogens is 1. The topological polar surface area (TPSA) is 114 Å². The Morgan fingerprint density at radius 2 is 1.84 bits per heavy atom. The maximum absolute atomic E-state index is 11.9. The van der Waals surface area contributed by atoms with Gasteiger partial charge in [0.05, 0.1) is 18.0 Å². The molecule has 2 aromatic rings. The van der Waals surface area contributed by atoms with Crippen LogP contribution in [0.1, 0.15) is 13.8 Å². The minimum atomic E-state index is -3.30. The number of nitrogens with zero attached hydrogens (tertiary/aromatic N) is 1. The highest BCUT2D eigenvalue weighted by molar-refractivity contribution is 7.92. The predicted octanol–water partition coefficient (Wildman–Crippen LogP) is 2.53. The lowest BCUT2D eigenvalue weighted by Gasteiger charge is -2.13. The van der Waals surface area contributed by atoms with Crippen molar-refractivity contribution < 1.29 is 13.2 Å². The monoisotopic (exact) mass is 404 g/mol. The second kappa shape index (κ2) is 8.61. The summed E-state index contributed by atoms with van der Waals surface area (Å²) < 4.78 is 24.8. The summed E-state index contributed by atoms with van der Waals surface area (Å²) in [5.41, 5.74) is 7.79. The first kappa shape index (κ1) is 21.4. The van der Waals surface area contributed by atoms with E-state index in [1.54, 1.807) is 24.3 Å². The van der Waals surface area contributed by atoms with Crippen LogP contribution in [0.4, 0.5) is 10.8 Å². The van der Waals surface area contributed by atoms with Gasteiger partial charge in [-0.15, -0.1) is 23.7 Å². The van der Waals surface area contributed by atoms with Crippen LogP contribution in [-0.2, 0) is 14.8 Å². The SMILES string of the molecule is CC(C)C(N)C(=O)Nc1nc(-c2ccc(NS(C)(=O)=O)cc2)cs1.Cl. The van der Waals surface area contributed by atoms with Gasteiger partial charge in [-0.3, -0.25) is 9.52 Å². The number of carbonyl (C=O) groups is 1. The average Bonchev–Trinajstić information content (AvgIpc) is 2.93. The zero-order valence-electron chi connectivity index (χ0n) is 14.0. The molecule has 1 amide bonds. The van der Waals surface area contributed by atoms with Crippen LogP contribution >= 0.6 is 23.7 Å². The average molecular weight is 405 g/mol. The van der Waals surface area contributed by atoms with E-state index in [0.717, 1.165) is 11.8 Å². The summed E-state index contributed by atoms with van der Waals surface area (Å²) in [6.45, 7) is 3.76. The molecule has 0 saturated carbocycles. The molecule has 2 rings (SSSR count). The molecule has 1 unspecified atom stereocenters. The maximum atomic E-state index is 11.9. The molecule has 1 heterocycles. The number of benzene rings is 1. The van der Waals surface area contributed by atoms with E-state index >= 15 is 0 Å². The summed E-state index contributed by atoms with van der Waals surface area (Å²) in [6.07, 6.45) is 1.10. The zero-order valence-corrected chi connectivity index (χ0v) is 16.5. The molecule has 0 radical (unpaired) electrons. The van der Waals surface area contributed by atoms with Crippen LogP contribution < -0.4 is 15.8 Å². The molecular formula is C15H21ClN4O3S2. The van der Waals surface area contributed by atoms with Gasteiger partial charge in [0, 0.05) is 16.6 Å². The number of thiazole rings is 1. The van der Waals surface area contributed by atoms with Crippen molar-refractivity contribution >= 4 is 50.5 Å². The summed E-state index contributed by atoms with van der Waals surface area (Å²) in [5.74, 6) is -0.224. The summed E-state index contributed by atoms with van der Waals surface area (Å²) in [7, 11) is -3.30. The first-order chi connectivity index (χ1) is 11.2. The van der Waals surface area contributed by atoms with E-state index in [1.807, 2.05) is 19.2 Å². The van der Waals surface area contributed by atoms with Crippen LogP contribution in [0.15, 0.2) is 29.6 Å². The van der Waals surface area contributed by atoms with E-state index in [-0.39, 0.29) is 24.2 Å². The highest BCUT2D eigenvalue weighted by atomic mass is 35.5. The number of carbonyl (C=O) groups excluding carboxylic acids is 1. The summed E-state index contributed by atoms with van der Waals surface area (Å²) >= 11 is 1.31. The van der Waals surface area contributed by atoms with Crippen LogP contribution in [0.3, 0.4) is 0 Å². The number of sulfonamides is 1. The molecule has 0 bridgehead atoms. The lowest BCUT2D eigenvalue weighted by atomic mass is 10.1. The molecule has 1 aromatic heterocycles. The number of anilines is 2. The number of nitrogens with one attached hydrogen (secondary N) is 2. The lowest BCUT2D eigenvalue weighted by Crippen LogP contribution is -2.39. The molecule has 4 N–H and O–H groups in total. The molecule has 0 aliphatic rings. The van der Waals surface area contributed by atoms with Gasteiger partial charge in [-0.05, 0) is 18.1 Å². The molecular weight excluding hydrogens is 384 g/mol. The Bertz CT molecular complexity index is 820. The lowest BCUT2D eigenvalue weighted by molar-refractivity contribution is -0.118. The van der Waals surface area contributed by atoms with Crippen molar-refractivity contribution in [3.8, 4) is 11.3 Å². The van der Waals surface area contributed by atoms with Gasteiger partial charge < -0.3 is 11.1 Å². The van der Waals surface area contributed by atoms with Gasteiger partial charge in [0.25, 0.3) is 0 Å². The first-order valence-electron chi connectivity index (χ1n) is 7.26. The van der Waals surface area contributed by atoms with E-state index in [4.69, 9.17) is 5.73 Å². The molecule has 10 heteroatoms. The highest BCUT2D eigenvalue weighted by Gasteiger charge is 2.18. The van der Waals surface area contributed by atoms with Crippen molar-refractivity contribution in [1.29, 1.82) is 0 Å². The van der Waals surface area contributed by atoms with Crippen LogP contribution in [-0.4, -0.2) is 31.6 Å². The van der Waals surface area contributed by atoms with Gasteiger partial charge >= 0.3 is 0 Å². The Morgan fingerprint density at radius 3 is 2.36 bits per heavy atom. The van der Waals surface area contributed by atoms with Crippen molar-refractivity contribution in [2.24, 2.45) is 11.7 Å². The Balaban J connectivity index is 0.00000312. The molecule has 25 heavy (non-hydrogen) atoms. The van der Waals surface area contributed by atoms with Gasteiger partial charge in [0.15, 0.2) is 5.13 Å². The van der Waals surface area contributed by atoms with Gasteiger partial charge in [-0.1, -0.05) is 26.0 Å². The summed E-state index contributed by atoms with van der Waals surface area (Å²) in [5, 5.41) is 5.00. The van der Waals surface area contributed by atoms with Crippen molar-refractivity contribution in [2.75, 3.05) is 16.3 Å². The highest BCUT2D eigenvalue weighted by Crippen LogP contribution is 2.26. The standard InChI is InChI=1S/C15H20N4O3S2.ClH/c1-9(2)13(16)14(20)18-15-17-12(8-23-15)10-4-6-11(7-5-10)19-24(3,21)22;/h4-9,13,19H,16H2,1-3H3,(H,17,18,20);1H. The van der Waals surface area contributed by atoms with Gasteiger partial charge in [0.1, 0.15) is 0 Å². The Hall–Kier alpha value is -1.68. The van der Waals surface area contributed by atoms with E-state index in [2.05, 4.69) is 15.0 Å². The van der Waals surface area contributed by atoms with Crippen LogP contribution in [0.2, 0.25) is 0 Å². The second-order valence-electron chi connectivity index (χ2n) is 5.75. The molecule has 7 nitrogen and oxygen atoms in total. The normalized spacial score (nSPS) is 12.4. The van der Waals surface area contributed by atoms with Crippen LogP contribution in [0.5, 0.6) is 0 Å². The third-order valence-electron chi connectivity index (χ3n) is 3.24. The fourth-order valence-corrected chi connectivity index (χ4v) is 3.17. The number of rotatable bonds is 6.